The molecule has 0 radical (unpaired) electrons. The van der Waals surface area contributed by atoms with E-state index < -0.39 is 34.4 Å². The van der Waals surface area contributed by atoms with Gasteiger partial charge >= 0.3 is 5.97 Å². The summed E-state index contributed by atoms with van der Waals surface area (Å²) in [6.07, 6.45) is 3.38. The molecule has 10 nitrogen and oxygen atoms in total. The highest BCUT2D eigenvalue weighted by atomic mass is 32.2. The summed E-state index contributed by atoms with van der Waals surface area (Å²) in [5.74, 6) is -1.50. The quantitative estimate of drug-likeness (QED) is 0.635. The third-order valence-corrected chi connectivity index (χ3v) is 6.70. The van der Waals surface area contributed by atoms with E-state index in [-0.39, 0.29) is 10.5 Å². The number of amidine groups is 1. The van der Waals surface area contributed by atoms with E-state index in [9.17, 15) is 22.8 Å². The number of hydrogen-bond donors (Lipinski definition) is 2. The maximum atomic E-state index is 12.7. The van der Waals surface area contributed by atoms with Crippen molar-refractivity contribution in [1.29, 1.82) is 0 Å². The predicted octanol–water partition coefficient (Wildman–Crippen LogP) is 2.06. The summed E-state index contributed by atoms with van der Waals surface area (Å²) < 4.78 is 34.4. The SMILES string of the molecule is NC(=O)c1ccc(NC(=O)COC(=O)c2ccc3c(c2)S(=O)(=O)N=C2CCCCCN23)cc1. The number of nitrogens with zero attached hydrogens (tertiary/aromatic N) is 2. The molecule has 0 bridgehead atoms. The molecule has 0 atom stereocenters. The van der Waals surface area contributed by atoms with E-state index in [0.717, 1.165) is 19.3 Å². The van der Waals surface area contributed by atoms with Crippen LogP contribution in [-0.4, -0.2) is 45.2 Å². The van der Waals surface area contributed by atoms with Gasteiger partial charge in [0.05, 0.1) is 11.3 Å². The molecule has 0 unspecified atom stereocenters. The number of amides is 2. The largest absolute Gasteiger partial charge is 0.452 e. The lowest BCUT2D eigenvalue weighted by molar-refractivity contribution is -0.119. The van der Waals surface area contributed by atoms with Crippen LogP contribution in [0.15, 0.2) is 51.8 Å². The molecule has 2 aromatic carbocycles. The van der Waals surface area contributed by atoms with E-state index in [1.165, 1.54) is 36.4 Å². The summed E-state index contributed by atoms with van der Waals surface area (Å²) >= 11 is 0. The average Bonchev–Trinajstić information content (AvgIpc) is 3.02. The fraction of sp³-hybridized carbons (Fsp3) is 0.273. The Labute approximate surface area is 190 Å². The lowest BCUT2D eigenvalue weighted by atomic mass is 10.2. The van der Waals surface area contributed by atoms with Gasteiger partial charge in [-0.25, -0.2) is 4.79 Å². The van der Waals surface area contributed by atoms with Crippen molar-refractivity contribution in [3.8, 4) is 0 Å². The van der Waals surface area contributed by atoms with Gasteiger partial charge in [0.15, 0.2) is 6.61 Å². The molecular weight excluding hydrogens is 448 g/mol. The van der Waals surface area contributed by atoms with E-state index in [0.29, 0.717) is 35.7 Å². The molecule has 1 fully saturated rings. The Morgan fingerprint density at radius 2 is 1.76 bits per heavy atom. The smallest absolute Gasteiger partial charge is 0.338 e. The number of sulfonamides is 1. The molecule has 0 saturated carbocycles. The summed E-state index contributed by atoms with van der Waals surface area (Å²) in [4.78, 5) is 37.5. The molecule has 4 rings (SSSR count). The van der Waals surface area contributed by atoms with Crippen LogP contribution in [-0.2, 0) is 19.6 Å². The predicted molar refractivity (Wildman–Crippen MR) is 121 cm³/mol. The molecule has 172 valence electrons. The van der Waals surface area contributed by atoms with Gasteiger partial charge in [-0.05, 0) is 55.3 Å². The number of nitrogens with two attached hydrogens (primary N) is 1. The lowest BCUT2D eigenvalue weighted by Crippen LogP contribution is -2.35. The molecule has 0 aliphatic carbocycles. The van der Waals surface area contributed by atoms with Crippen molar-refractivity contribution in [2.24, 2.45) is 10.1 Å². The lowest BCUT2D eigenvalue weighted by Gasteiger charge is -2.29. The van der Waals surface area contributed by atoms with Gasteiger partial charge in [0.2, 0.25) is 5.91 Å². The number of hydrogen-bond acceptors (Lipinski definition) is 7. The molecule has 2 amide bonds. The second-order valence-electron chi connectivity index (χ2n) is 7.69. The number of carbonyl (C=O) groups is 3. The minimum atomic E-state index is -3.94. The minimum Gasteiger partial charge on any atom is -0.452 e. The van der Waals surface area contributed by atoms with Crippen molar-refractivity contribution < 1.29 is 27.5 Å². The van der Waals surface area contributed by atoms with Gasteiger partial charge in [0, 0.05) is 24.2 Å². The standard InChI is InChI=1S/C22H22N4O6S/c23-21(28)14-5-8-16(9-6-14)24-20(27)13-32-22(29)15-7-10-17-18(12-15)33(30,31)25-19-4-2-1-3-11-26(17)19/h5-10,12H,1-4,11,13H2,(H2,23,28)(H,24,27). The zero-order valence-corrected chi connectivity index (χ0v) is 18.4. The van der Waals surface area contributed by atoms with E-state index in [1.54, 1.807) is 6.07 Å². The molecule has 2 aromatic rings. The van der Waals surface area contributed by atoms with Crippen LogP contribution >= 0.6 is 0 Å². The van der Waals surface area contributed by atoms with E-state index >= 15 is 0 Å². The van der Waals surface area contributed by atoms with Gasteiger partial charge in [-0.15, -0.1) is 4.40 Å². The number of esters is 1. The molecule has 0 spiro atoms. The van der Waals surface area contributed by atoms with Gasteiger partial charge in [-0.2, -0.15) is 8.42 Å². The van der Waals surface area contributed by atoms with Gasteiger partial charge < -0.3 is 20.7 Å². The Hall–Kier alpha value is -3.73. The highest BCUT2D eigenvalue weighted by molar-refractivity contribution is 7.90. The third-order valence-electron chi connectivity index (χ3n) is 5.37. The molecule has 2 aliphatic heterocycles. The van der Waals surface area contributed by atoms with Crippen LogP contribution in [0.4, 0.5) is 11.4 Å². The summed E-state index contributed by atoms with van der Waals surface area (Å²) in [6.45, 7) is 0.0837. The first-order chi connectivity index (χ1) is 15.7. The number of primary amides is 1. The van der Waals surface area contributed by atoms with Crippen LogP contribution in [0, 0.1) is 0 Å². The summed E-state index contributed by atoms with van der Waals surface area (Å²) in [5.41, 5.74) is 6.35. The van der Waals surface area contributed by atoms with Gasteiger partial charge in [0.25, 0.3) is 15.9 Å². The number of carbonyl (C=O) groups excluding carboxylic acids is 3. The maximum absolute atomic E-state index is 12.7. The van der Waals surface area contributed by atoms with Crippen molar-refractivity contribution in [2.75, 3.05) is 23.4 Å². The highest BCUT2D eigenvalue weighted by Gasteiger charge is 2.32. The summed E-state index contributed by atoms with van der Waals surface area (Å²) in [5, 5.41) is 2.53. The monoisotopic (exact) mass is 470 g/mol. The van der Waals surface area contributed by atoms with Crippen LogP contribution in [0.1, 0.15) is 46.4 Å². The molecule has 1 saturated heterocycles. The topological polar surface area (TPSA) is 148 Å². The Morgan fingerprint density at radius 1 is 1.03 bits per heavy atom. The molecular formula is C22H22N4O6S. The molecule has 2 heterocycles. The van der Waals surface area contributed by atoms with Crippen LogP contribution in [0.2, 0.25) is 0 Å². The molecule has 0 aromatic heterocycles. The summed E-state index contributed by atoms with van der Waals surface area (Å²) in [7, 11) is -3.94. The Kier molecular flexibility index (Phi) is 6.14. The van der Waals surface area contributed by atoms with Crippen molar-refractivity contribution >= 4 is 45.0 Å². The summed E-state index contributed by atoms with van der Waals surface area (Å²) in [6, 6.07) is 10.2. The zero-order valence-electron chi connectivity index (χ0n) is 17.6. The fourth-order valence-corrected chi connectivity index (χ4v) is 5.02. The van der Waals surface area contributed by atoms with Crippen molar-refractivity contribution in [3.63, 3.8) is 0 Å². The maximum Gasteiger partial charge on any atom is 0.338 e. The van der Waals surface area contributed by atoms with Gasteiger partial charge in [0.1, 0.15) is 10.7 Å². The molecule has 2 aliphatic rings. The highest BCUT2D eigenvalue weighted by Crippen LogP contribution is 2.35. The van der Waals surface area contributed by atoms with Crippen LogP contribution in [0.5, 0.6) is 0 Å². The fourth-order valence-electron chi connectivity index (χ4n) is 3.74. The number of nitrogens with one attached hydrogen (secondary N) is 1. The number of anilines is 2. The Balaban J connectivity index is 1.44. The van der Waals surface area contributed by atoms with Crippen LogP contribution < -0.4 is 16.0 Å². The minimum absolute atomic E-state index is 0.00408. The first-order valence-corrected chi connectivity index (χ1v) is 11.8. The van der Waals surface area contributed by atoms with Crippen molar-refractivity contribution in [1.82, 2.24) is 0 Å². The number of fused-ring (bicyclic) bond motifs is 3. The van der Waals surface area contributed by atoms with Crippen LogP contribution in [0.3, 0.4) is 0 Å². The average molecular weight is 471 g/mol. The Morgan fingerprint density at radius 3 is 2.48 bits per heavy atom. The van der Waals surface area contributed by atoms with E-state index in [2.05, 4.69) is 9.71 Å². The number of benzene rings is 2. The number of rotatable bonds is 5. The van der Waals surface area contributed by atoms with Gasteiger partial charge in [-0.3, -0.25) is 9.59 Å². The zero-order chi connectivity index (χ0) is 23.6. The molecule has 3 N–H and O–H groups in total. The normalized spacial score (nSPS) is 16.5. The second kappa shape index (κ2) is 9.02. The third kappa shape index (κ3) is 4.87. The number of ether oxygens (including phenoxy) is 1. The molecule has 33 heavy (non-hydrogen) atoms. The van der Waals surface area contributed by atoms with Crippen LogP contribution in [0.25, 0.3) is 0 Å². The van der Waals surface area contributed by atoms with Gasteiger partial charge in [-0.1, -0.05) is 6.42 Å². The second-order valence-corrected chi connectivity index (χ2v) is 9.27. The van der Waals surface area contributed by atoms with Crippen molar-refractivity contribution in [2.45, 2.75) is 30.6 Å². The van der Waals surface area contributed by atoms with E-state index in [4.69, 9.17) is 10.5 Å². The van der Waals surface area contributed by atoms with E-state index in [1.807, 2.05) is 4.90 Å². The van der Waals surface area contributed by atoms with Crippen molar-refractivity contribution in [3.05, 3.63) is 53.6 Å². The first-order valence-electron chi connectivity index (χ1n) is 10.4. The Bertz CT molecular complexity index is 1250. The molecule has 11 heteroatoms. The first kappa shape index (κ1) is 22.5.